The van der Waals surface area contributed by atoms with Crippen LogP contribution in [0.15, 0.2) is 23.1 Å². The second kappa shape index (κ2) is 8.32. The zero-order chi connectivity index (χ0) is 14.4. The molecule has 1 aliphatic rings. The molecule has 2 rings (SSSR count). The van der Waals surface area contributed by atoms with Gasteiger partial charge in [0.05, 0.1) is 22.8 Å². The van der Waals surface area contributed by atoms with E-state index in [1.54, 1.807) is 18.2 Å². The standard InChI is InChI=1S/C6H4Cl2S.C6H13NO3/c7-5-2-1-4(9)3-6(5)8;7-4-1-2-10-5(3-8)6(4)9/h1-3,9H;4-6,8-9H,1-3,7H2. The number of halogens is 2. The minimum Gasteiger partial charge on any atom is -0.394 e. The third-order valence-electron chi connectivity index (χ3n) is 2.69. The van der Waals surface area contributed by atoms with Crippen LogP contribution in [0.25, 0.3) is 0 Å². The maximum absolute atomic E-state index is 9.23. The van der Waals surface area contributed by atoms with Crippen molar-refractivity contribution in [1.82, 2.24) is 0 Å². The van der Waals surface area contributed by atoms with E-state index >= 15 is 0 Å². The van der Waals surface area contributed by atoms with Crippen molar-refractivity contribution in [3.8, 4) is 0 Å². The van der Waals surface area contributed by atoms with Gasteiger partial charge in [0.1, 0.15) is 6.10 Å². The highest BCUT2D eigenvalue weighted by atomic mass is 35.5. The number of rotatable bonds is 1. The Bertz CT molecular complexity index is 409. The lowest BCUT2D eigenvalue weighted by Gasteiger charge is -2.31. The Morgan fingerprint density at radius 3 is 2.53 bits per heavy atom. The summed E-state index contributed by atoms with van der Waals surface area (Å²) in [7, 11) is 0. The Morgan fingerprint density at radius 2 is 2.05 bits per heavy atom. The molecule has 3 unspecified atom stereocenters. The molecular weight excluding hydrogens is 309 g/mol. The van der Waals surface area contributed by atoms with Gasteiger partial charge in [-0.2, -0.15) is 0 Å². The van der Waals surface area contributed by atoms with E-state index in [9.17, 15) is 5.11 Å². The van der Waals surface area contributed by atoms with Crippen molar-refractivity contribution >= 4 is 35.8 Å². The summed E-state index contributed by atoms with van der Waals surface area (Å²) in [6.07, 6.45) is -0.528. The second-order valence-corrected chi connectivity index (χ2v) is 5.46. The number of aliphatic hydroxyl groups excluding tert-OH is 2. The Kier molecular flexibility index (Phi) is 7.46. The van der Waals surface area contributed by atoms with Gasteiger partial charge < -0.3 is 20.7 Å². The van der Waals surface area contributed by atoms with Gasteiger partial charge in [0.15, 0.2) is 0 Å². The third kappa shape index (κ3) is 5.47. The molecule has 0 aliphatic carbocycles. The lowest BCUT2D eigenvalue weighted by molar-refractivity contribution is -0.103. The molecule has 0 saturated carbocycles. The summed E-state index contributed by atoms with van der Waals surface area (Å²) in [5.74, 6) is 0. The molecule has 3 atom stereocenters. The average Bonchev–Trinajstić information content (AvgIpc) is 2.38. The molecule has 0 amide bonds. The van der Waals surface area contributed by atoms with Crippen LogP contribution in [0.2, 0.25) is 10.0 Å². The van der Waals surface area contributed by atoms with Gasteiger partial charge >= 0.3 is 0 Å². The molecule has 0 spiro atoms. The fourth-order valence-corrected chi connectivity index (χ4v) is 2.12. The summed E-state index contributed by atoms with van der Waals surface area (Å²) in [4.78, 5) is 0.824. The van der Waals surface area contributed by atoms with E-state index in [1.165, 1.54) is 0 Å². The van der Waals surface area contributed by atoms with Crippen LogP contribution < -0.4 is 5.73 Å². The highest BCUT2D eigenvalue weighted by Gasteiger charge is 2.29. The van der Waals surface area contributed by atoms with Gasteiger partial charge in [0.25, 0.3) is 0 Å². The molecule has 4 N–H and O–H groups in total. The van der Waals surface area contributed by atoms with E-state index in [0.29, 0.717) is 23.1 Å². The number of benzene rings is 1. The number of thiol groups is 1. The fourth-order valence-electron chi connectivity index (χ4n) is 1.55. The average molecular weight is 326 g/mol. The third-order valence-corrected chi connectivity index (χ3v) is 3.70. The van der Waals surface area contributed by atoms with Crippen LogP contribution in [0.4, 0.5) is 0 Å². The molecule has 1 saturated heterocycles. The predicted octanol–water partition coefficient (Wildman–Crippen LogP) is 1.74. The first-order valence-electron chi connectivity index (χ1n) is 5.75. The van der Waals surface area contributed by atoms with Crippen molar-refractivity contribution < 1.29 is 14.9 Å². The van der Waals surface area contributed by atoms with Crippen molar-refractivity contribution in [3.63, 3.8) is 0 Å². The molecule has 0 bridgehead atoms. The van der Waals surface area contributed by atoms with Gasteiger partial charge in [0, 0.05) is 17.5 Å². The molecule has 108 valence electrons. The minimum absolute atomic E-state index is 0.158. The minimum atomic E-state index is -0.709. The fraction of sp³-hybridized carbons (Fsp3) is 0.500. The molecule has 0 aromatic heterocycles. The summed E-state index contributed by atoms with van der Waals surface area (Å²) in [6.45, 7) is 0.373. The van der Waals surface area contributed by atoms with E-state index in [1.807, 2.05) is 0 Å². The summed E-state index contributed by atoms with van der Waals surface area (Å²) < 4.78 is 5.03. The van der Waals surface area contributed by atoms with Crippen LogP contribution in [-0.2, 0) is 4.74 Å². The lowest BCUT2D eigenvalue weighted by atomic mass is 10.0. The highest BCUT2D eigenvalue weighted by Crippen LogP contribution is 2.23. The normalized spacial score (nSPS) is 26.5. The molecule has 4 nitrogen and oxygen atoms in total. The Morgan fingerprint density at radius 1 is 1.37 bits per heavy atom. The van der Waals surface area contributed by atoms with Crippen LogP contribution in [0.5, 0.6) is 0 Å². The topological polar surface area (TPSA) is 75.7 Å². The van der Waals surface area contributed by atoms with E-state index in [-0.39, 0.29) is 12.6 Å². The molecule has 1 aromatic rings. The van der Waals surface area contributed by atoms with Gasteiger partial charge in [-0.3, -0.25) is 0 Å². The first-order valence-corrected chi connectivity index (χ1v) is 6.96. The van der Waals surface area contributed by atoms with Crippen LogP contribution in [0, 0.1) is 0 Å². The maximum atomic E-state index is 9.23. The molecule has 1 fully saturated rings. The van der Waals surface area contributed by atoms with Crippen LogP contribution in [0.3, 0.4) is 0 Å². The van der Waals surface area contributed by atoms with Gasteiger partial charge in [-0.25, -0.2) is 0 Å². The number of aliphatic hydroxyl groups is 2. The van der Waals surface area contributed by atoms with Crippen molar-refractivity contribution in [2.45, 2.75) is 29.6 Å². The largest absolute Gasteiger partial charge is 0.394 e. The van der Waals surface area contributed by atoms with Crippen molar-refractivity contribution in [3.05, 3.63) is 28.2 Å². The molecule has 1 aliphatic heterocycles. The summed E-state index contributed by atoms with van der Waals surface area (Å²) >= 11 is 15.3. The lowest BCUT2D eigenvalue weighted by Crippen LogP contribution is -2.50. The summed E-state index contributed by atoms with van der Waals surface area (Å²) in [6, 6.07) is 4.96. The SMILES string of the molecule is NC1CCOC(CO)C1O.Sc1ccc(Cl)c(Cl)c1. The van der Waals surface area contributed by atoms with Gasteiger partial charge in [-0.1, -0.05) is 23.2 Å². The number of nitrogens with two attached hydrogens (primary N) is 1. The van der Waals surface area contributed by atoms with E-state index < -0.39 is 12.2 Å². The second-order valence-electron chi connectivity index (χ2n) is 4.13. The van der Waals surface area contributed by atoms with Crippen molar-refractivity contribution in [1.29, 1.82) is 0 Å². The van der Waals surface area contributed by atoms with Gasteiger partial charge in [0.2, 0.25) is 0 Å². The molecule has 19 heavy (non-hydrogen) atoms. The van der Waals surface area contributed by atoms with Crippen LogP contribution in [0.1, 0.15) is 6.42 Å². The summed E-state index contributed by atoms with van der Waals surface area (Å²) in [5.41, 5.74) is 5.50. The van der Waals surface area contributed by atoms with Gasteiger partial charge in [-0.05, 0) is 24.6 Å². The van der Waals surface area contributed by atoms with E-state index in [0.717, 1.165) is 4.90 Å². The predicted molar refractivity (Wildman–Crippen MR) is 79.1 cm³/mol. The number of hydrogen-bond acceptors (Lipinski definition) is 5. The van der Waals surface area contributed by atoms with E-state index in [4.69, 9.17) is 38.8 Å². The quantitative estimate of drug-likeness (QED) is 0.593. The van der Waals surface area contributed by atoms with Crippen molar-refractivity contribution in [2.24, 2.45) is 5.73 Å². The Labute approximate surface area is 127 Å². The van der Waals surface area contributed by atoms with Gasteiger partial charge in [-0.15, -0.1) is 12.6 Å². The van der Waals surface area contributed by atoms with Crippen LogP contribution >= 0.6 is 35.8 Å². The highest BCUT2D eigenvalue weighted by molar-refractivity contribution is 7.80. The number of hydrogen-bond donors (Lipinski definition) is 4. The first-order chi connectivity index (χ1) is 8.95. The molecule has 0 radical (unpaired) electrons. The first kappa shape index (κ1) is 17.0. The monoisotopic (exact) mass is 325 g/mol. The Hall–Kier alpha value is -0.0100. The van der Waals surface area contributed by atoms with Crippen LogP contribution in [-0.4, -0.2) is 41.7 Å². The molecule has 1 aromatic carbocycles. The Balaban J connectivity index is 0.000000191. The zero-order valence-electron chi connectivity index (χ0n) is 10.2. The number of ether oxygens (including phenoxy) is 1. The maximum Gasteiger partial charge on any atom is 0.108 e. The van der Waals surface area contributed by atoms with Crippen molar-refractivity contribution in [2.75, 3.05) is 13.2 Å². The summed E-state index contributed by atoms with van der Waals surface area (Å²) in [5, 5.41) is 19.0. The smallest absolute Gasteiger partial charge is 0.108 e. The molecule has 7 heteroatoms. The van der Waals surface area contributed by atoms with E-state index in [2.05, 4.69) is 12.6 Å². The zero-order valence-corrected chi connectivity index (χ0v) is 12.6. The molecule has 1 heterocycles. The molecular formula is C12H17Cl2NO3S.